The zero-order valence-corrected chi connectivity index (χ0v) is 40.1. The molecule has 3 aromatic carbocycles. The predicted molar refractivity (Wildman–Crippen MR) is 262 cm³/mol. The number of amides is 1. The smallest absolute Gasteiger partial charge is 0.293 e. The number of nitrogens with zero attached hydrogens (tertiary/aromatic N) is 4. The number of piperidine rings is 1. The Morgan fingerprint density at radius 2 is 1.78 bits per heavy atom. The molecule has 0 radical (unpaired) electrons. The minimum absolute atomic E-state index is 0.00296. The van der Waals surface area contributed by atoms with Gasteiger partial charge in [0.2, 0.25) is 0 Å². The van der Waals surface area contributed by atoms with E-state index in [1.807, 2.05) is 0 Å². The summed E-state index contributed by atoms with van der Waals surface area (Å²) in [5.41, 5.74) is 3.28. The minimum atomic E-state index is -4.65. The summed E-state index contributed by atoms with van der Waals surface area (Å²) in [6.07, 6.45) is 9.74. The topological polar surface area (TPSA) is 183 Å². The molecule has 0 unspecified atom stereocenters. The molecule has 1 amide bonds. The Kier molecular flexibility index (Phi) is 12.9. The van der Waals surface area contributed by atoms with Gasteiger partial charge in [-0.25, -0.2) is 22.5 Å². The largest absolute Gasteiger partial charge is 0.454 e. The average molecular weight is 948 g/mol. The number of nitrogens with one attached hydrogen (secondary N) is 3. The molecule has 4 N–H and O–H groups in total. The highest BCUT2D eigenvalue weighted by Gasteiger charge is 2.51. The molecule has 2 aromatic heterocycles. The van der Waals surface area contributed by atoms with Crippen molar-refractivity contribution in [2.75, 3.05) is 42.9 Å². The van der Waals surface area contributed by atoms with E-state index >= 15 is 0 Å². The third-order valence-corrected chi connectivity index (χ3v) is 16.7. The molecule has 3 atom stereocenters. The van der Waals surface area contributed by atoms with Crippen LogP contribution in [0.1, 0.15) is 118 Å². The molecule has 2 aliphatic heterocycles. The zero-order valence-electron chi connectivity index (χ0n) is 39.3. The lowest BCUT2D eigenvalue weighted by molar-refractivity contribution is -0.384. The summed E-state index contributed by atoms with van der Waals surface area (Å²) in [7, 11) is -4.65. The second-order valence-corrected chi connectivity index (χ2v) is 22.1. The summed E-state index contributed by atoms with van der Waals surface area (Å²) in [5.74, 6) is 0.305. The minimum Gasteiger partial charge on any atom is -0.454 e. The molecule has 4 fully saturated rings. The van der Waals surface area contributed by atoms with Crippen LogP contribution in [-0.2, 0) is 10.0 Å². The van der Waals surface area contributed by atoms with Gasteiger partial charge in [-0.15, -0.1) is 0 Å². The molecule has 2 saturated carbocycles. The van der Waals surface area contributed by atoms with Crippen molar-refractivity contribution in [3.05, 3.63) is 118 Å². The second-order valence-electron chi connectivity index (χ2n) is 20.4. The Morgan fingerprint density at radius 1 is 1.04 bits per heavy atom. The molecule has 2 saturated heterocycles. The van der Waals surface area contributed by atoms with Crippen LogP contribution in [0.5, 0.6) is 11.5 Å². The number of carbonyl (C=O) groups excluding carboxylic acids is 1. The van der Waals surface area contributed by atoms with Crippen molar-refractivity contribution in [2.45, 2.75) is 107 Å². The fourth-order valence-electron chi connectivity index (χ4n) is 11.4. The van der Waals surface area contributed by atoms with E-state index in [1.165, 1.54) is 60.5 Å². The number of aromatic nitrogens is 2. The average Bonchev–Trinajstić information content (AvgIpc) is 3.87. The number of halogens is 1. The van der Waals surface area contributed by atoms with E-state index in [1.54, 1.807) is 19.1 Å². The maximum atomic E-state index is 14.8. The number of anilines is 2. The van der Waals surface area contributed by atoms with E-state index in [-0.39, 0.29) is 50.8 Å². The summed E-state index contributed by atoms with van der Waals surface area (Å²) < 4.78 is 51.0. The van der Waals surface area contributed by atoms with Gasteiger partial charge in [-0.05, 0) is 135 Å². The summed E-state index contributed by atoms with van der Waals surface area (Å²) in [6, 6.07) is 19.3. The number of fused-ring (bicyclic) bond motifs is 1. The van der Waals surface area contributed by atoms with Gasteiger partial charge in [-0.3, -0.25) is 19.8 Å². The molecule has 2 aliphatic carbocycles. The van der Waals surface area contributed by atoms with Crippen molar-refractivity contribution in [1.82, 2.24) is 19.6 Å². The predicted octanol–water partition coefficient (Wildman–Crippen LogP) is 10.1. The van der Waals surface area contributed by atoms with Crippen LogP contribution in [0.15, 0.2) is 84.4 Å². The lowest BCUT2D eigenvalue weighted by atomic mass is 9.70. The number of rotatable bonds is 14. The number of likely N-dealkylation sites (tertiary alicyclic amines) is 1. The third-order valence-electron chi connectivity index (χ3n) is 15.3. The van der Waals surface area contributed by atoms with Crippen LogP contribution in [-0.4, -0.2) is 83.6 Å². The van der Waals surface area contributed by atoms with Crippen molar-refractivity contribution < 1.29 is 32.4 Å². The maximum absolute atomic E-state index is 14.8. The number of nitro groups is 1. The lowest BCUT2D eigenvalue weighted by Gasteiger charge is -2.58. The summed E-state index contributed by atoms with van der Waals surface area (Å²) >= 11 is 0. The van der Waals surface area contributed by atoms with E-state index in [4.69, 9.17) is 4.74 Å². The molecular formula is C52H62FN7O7S. The number of hydrogen-bond acceptors (Lipinski definition) is 11. The Bertz CT molecular complexity index is 2840. The summed E-state index contributed by atoms with van der Waals surface area (Å²) in [4.78, 5) is 37.4. The highest BCUT2D eigenvalue weighted by atomic mass is 32.2. The first kappa shape index (κ1) is 47.2. The summed E-state index contributed by atoms with van der Waals surface area (Å²) in [5, 5.41) is 25.8. The van der Waals surface area contributed by atoms with Crippen LogP contribution in [0.4, 0.5) is 21.5 Å². The van der Waals surface area contributed by atoms with Crippen LogP contribution in [0, 0.1) is 33.2 Å². The number of benzene rings is 3. The molecule has 16 heteroatoms. The first-order valence-corrected chi connectivity index (χ1v) is 25.4. The highest BCUT2D eigenvalue weighted by Crippen LogP contribution is 2.51. The molecule has 4 aliphatic rings. The van der Waals surface area contributed by atoms with E-state index < -0.39 is 42.9 Å². The first-order chi connectivity index (χ1) is 32.4. The van der Waals surface area contributed by atoms with E-state index in [9.17, 15) is 32.8 Å². The molecule has 360 valence electrons. The standard InChI is InChI=1S/C52H62FN7O7S/c1-6-43-47(27-41-42(53)29-55-49(41)56-43)67-46-25-35(58-23-21-52(22-24-58)30-59(31-52)48-33(4)11-14-39(48)38-10-8-7-9-37(38)32(2)3)12-15-40(46)50(61)57-68(65,66)36-13-16-44(45(26-36)60(63)64)54-28-34-17-19-51(5,62)20-18-34/h6-10,12-13,15-16,25-27,29,32-34,39,48,54,62H,1,11,14,17-24,28,30-31H2,2-5H3,(H,55,56)(H,57,61)/t33-,34?,39+,48+,51?/m1/s1. The number of pyridine rings is 1. The lowest BCUT2D eigenvalue weighted by Crippen LogP contribution is -2.64. The van der Waals surface area contributed by atoms with Gasteiger partial charge in [0, 0.05) is 62.8 Å². The number of aliphatic hydroxyl groups is 1. The van der Waals surface area contributed by atoms with Gasteiger partial charge in [0.05, 0.1) is 26.4 Å². The van der Waals surface area contributed by atoms with Gasteiger partial charge in [0.25, 0.3) is 21.6 Å². The Labute approximate surface area is 397 Å². The highest BCUT2D eigenvalue weighted by molar-refractivity contribution is 7.90. The number of nitro benzene ring substituents is 1. The van der Waals surface area contributed by atoms with Crippen LogP contribution < -0.4 is 19.7 Å². The molecule has 0 bridgehead atoms. The number of hydrogen-bond donors (Lipinski definition) is 4. The fourth-order valence-corrected chi connectivity index (χ4v) is 12.4. The Hall–Kier alpha value is -5.84. The maximum Gasteiger partial charge on any atom is 0.293 e. The van der Waals surface area contributed by atoms with E-state index in [0.717, 1.165) is 63.6 Å². The number of sulfonamides is 1. The number of H-pyrrole nitrogens is 1. The van der Waals surface area contributed by atoms with Crippen molar-refractivity contribution in [3.63, 3.8) is 0 Å². The van der Waals surface area contributed by atoms with Gasteiger partial charge in [-0.1, -0.05) is 51.6 Å². The van der Waals surface area contributed by atoms with Gasteiger partial charge in [-0.2, -0.15) is 0 Å². The van der Waals surface area contributed by atoms with Crippen molar-refractivity contribution >= 4 is 50.1 Å². The number of aromatic amines is 1. The van der Waals surface area contributed by atoms with Crippen molar-refractivity contribution in [3.8, 4) is 11.5 Å². The molecule has 1 spiro atoms. The SMILES string of the molecule is C=Cc1nc2[nH]cc(F)c2cc1Oc1cc(N2CCC3(CC2)CN([C@H]2[C@H](C)CC[C@H]2c2ccccc2C(C)C)C3)ccc1C(=O)NS(=O)(=O)c1ccc(NCC2CCC(C)(O)CC2)c([N+](=O)[O-])c1. The van der Waals surface area contributed by atoms with Gasteiger partial charge in [0.1, 0.15) is 28.6 Å². The van der Waals surface area contributed by atoms with Crippen LogP contribution in [0.25, 0.3) is 17.1 Å². The van der Waals surface area contributed by atoms with Crippen LogP contribution >= 0.6 is 0 Å². The van der Waals surface area contributed by atoms with Crippen LogP contribution in [0.3, 0.4) is 0 Å². The van der Waals surface area contributed by atoms with Gasteiger partial charge < -0.3 is 25.0 Å². The van der Waals surface area contributed by atoms with Gasteiger partial charge in [0.15, 0.2) is 5.75 Å². The zero-order chi connectivity index (χ0) is 48.1. The fraction of sp³-hybridized carbons (Fsp3) is 0.462. The first-order valence-electron chi connectivity index (χ1n) is 23.9. The molecule has 14 nitrogen and oxygen atoms in total. The van der Waals surface area contributed by atoms with Gasteiger partial charge >= 0.3 is 0 Å². The molecule has 9 rings (SSSR count). The third kappa shape index (κ3) is 9.46. The van der Waals surface area contributed by atoms with E-state index in [0.29, 0.717) is 43.2 Å². The Balaban J connectivity index is 0.933. The number of ether oxygens (including phenoxy) is 1. The number of carbonyl (C=O) groups is 1. The monoisotopic (exact) mass is 947 g/mol. The second kappa shape index (κ2) is 18.6. The summed E-state index contributed by atoms with van der Waals surface area (Å²) in [6.45, 7) is 16.7. The molecule has 68 heavy (non-hydrogen) atoms. The Morgan fingerprint density at radius 3 is 2.49 bits per heavy atom. The molecule has 5 aromatic rings. The van der Waals surface area contributed by atoms with Crippen molar-refractivity contribution in [1.29, 1.82) is 0 Å². The van der Waals surface area contributed by atoms with E-state index in [2.05, 4.69) is 81.4 Å². The molecule has 4 heterocycles. The normalized spacial score (nSPS) is 24.0. The quantitative estimate of drug-likeness (QED) is 0.0614. The van der Waals surface area contributed by atoms with Crippen molar-refractivity contribution in [2.24, 2.45) is 17.3 Å². The molecular weight excluding hydrogens is 886 g/mol. The van der Waals surface area contributed by atoms with Crippen LogP contribution in [0.2, 0.25) is 0 Å².